The first-order valence-electron chi connectivity index (χ1n) is 4.28. The van der Waals surface area contributed by atoms with Gasteiger partial charge in [0.05, 0.1) is 16.6 Å². The monoisotopic (exact) mass is 224 g/mol. The average molecular weight is 224 g/mol. The van der Waals surface area contributed by atoms with Crippen LogP contribution >= 0.6 is 0 Å². The summed E-state index contributed by atoms with van der Waals surface area (Å²) in [5.41, 5.74) is 0.0529. The Hall–Kier alpha value is -2.31. The molecule has 0 aliphatic carbocycles. The third kappa shape index (κ3) is 1.74. The van der Waals surface area contributed by atoms with Crippen LogP contribution in [0.2, 0.25) is 0 Å². The van der Waals surface area contributed by atoms with Crippen LogP contribution in [-0.2, 0) is 16.1 Å². The van der Waals surface area contributed by atoms with E-state index in [4.69, 9.17) is 9.47 Å². The van der Waals surface area contributed by atoms with Gasteiger partial charge < -0.3 is 14.2 Å². The van der Waals surface area contributed by atoms with E-state index >= 15 is 0 Å². The first kappa shape index (κ1) is 10.2. The van der Waals surface area contributed by atoms with Crippen LogP contribution in [0.4, 0.5) is 5.69 Å². The smallest absolute Gasteiger partial charge is 0.417 e. The zero-order chi connectivity index (χ0) is 11.5. The Balaban J connectivity index is 2.40. The van der Waals surface area contributed by atoms with Crippen molar-refractivity contribution in [3.8, 4) is 11.5 Å². The molecule has 1 aromatic rings. The highest BCUT2D eigenvalue weighted by atomic mass is 16.7. The minimum Gasteiger partial charge on any atom is -0.454 e. The Labute approximate surface area is 89.7 Å². The summed E-state index contributed by atoms with van der Waals surface area (Å²) in [4.78, 5) is 20.1. The molecule has 0 spiro atoms. The van der Waals surface area contributed by atoms with E-state index in [9.17, 15) is 14.9 Å². The second kappa shape index (κ2) is 4.05. The fourth-order valence-electron chi connectivity index (χ4n) is 1.37. The number of nitro benzene ring substituents is 1. The Morgan fingerprint density at radius 2 is 2.12 bits per heavy atom. The first-order valence-corrected chi connectivity index (χ1v) is 4.28. The Morgan fingerprint density at radius 1 is 1.44 bits per heavy atom. The summed E-state index contributed by atoms with van der Waals surface area (Å²) in [5, 5.41) is 10.7. The molecule has 0 saturated carbocycles. The van der Waals surface area contributed by atoms with Gasteiger partial charge in [-0.15, -0.1) is 0 Å². The predicted octanol–water partition coefficient (Wildman–Crippen LogP) is 0.907. The number of ether oxygens (including phenoxy) is 3. The maximum Gasteiger partial charge on any atom is 0.417 e. The number of carbonyl (C=O) groups excluding carboxylic acids is 1. The van der Waals surface area contributed by atoms with E-state index in [-0.39, 0.29) is 24.7 Å². The lowest BCUT2D eigenvalue weighted by molar-refractivity contribution is -0.385. The molecule has 0 unspecified atom stereocenters. The molecule has 1 aliphatic rings. The van der Waals surface area contributed by atoms with Gasteiger partial charge in [-0.1, -0.05) is 0 Å². The van der Waals surface area contributed by atoms with Crippen molar-refractivity contribution in [1.82, 2.24) is 0 Å². The molecule has 0 amide bonds. The van der Waals surface area contributed by atoms with Crippen LogP contribution in [0.3, 0.4) is 0 Å². The third-order valence-electron chi connectivity index (χ3n) is 2.06. The Kier molecular flexibility index (Phi) is 2.59. The van der Waals surface area contributed by atoms with Gasteiger partial charge in [0.15, 0.2) is 11.5 Å². The van der Waals surface area contributed by atoms with E-state index in [1.165, 1.54) is 18.6 Å². The molecule has 0 bridgehead atoms. The van der Waals surface area contributed by atoms with Gasteiger partial charge in [0, 0.05) is 0 Å². The molecule has 7 heteroatoms. The van der Waals surface area contributed by atoms with Crippen molar-refractivity contribution >= 4 is 12.2 Å². The standard InChI is InChI=1S/C9H6NO6/c11-4-14-3-6-1-8-9(16-5-15-8)2-7(6)10(12)13/h1-2H,3,5H2. The summed E-state index contributed by atoms with van der Waals surface area (Å²) in [6.07, 6.45) is 0. The van der Waals surface area contributed by atoms with Gasteiger partial charge in [-0.3, -0.25) is 10.1 Å². The molecule has 1 heterocycles. The van der Waals surface area contributed by atoms with Crippen molar-refractivity contribution in [1.29, 1.82) is 0 Å². The Morgan fingerprint density at radius 3 is 2.75 bits per heavy atom. The van der Waals surface area contributed by atoms with Crippen LogP contribution in [0.15, 0.2) is 12.1 Å². The molecule has 1 aromatic carbocycles. The maximum absolute atomic E-state index is 10.7. The molecule has 0 fully saturated rings. The van der Waals surface area contributed by atoms with E-state index in [0.717, 1.165) is 0 Å². The van der Waals surface area contributed by atoms with Crippen molar-refractivity contribution in [2.24, 2.45) is 0 Å². The van der Waals surface area contributed by atoms with Gasteiger partial charge in [-0.2, -0.15) is 0 Å². The minimum absolute atomic E-state index is 0.0244. The van der Waals surface area contributed by atoms with Crippen LogP contribution in [0.5, 0.6) is 11.5 Å². The lowest BCUT2D eigenvalue weighted by Crippen LogP contribution is -1.98. The highest BCUT2D eigenvalue weighted by Gasteiger charge is 2.23. The van der Waals surface area contributed by atoms with E-state index < -0.39 is 4.92 Å². The van der Waals surface area contributed by atoms with E-state index in [2.05, 4.69) is 4.74 Å². The van der Waals surface area contributed by atoms with Gasteiger partial charge in [0.1, 0.15) is 6.61 Å². The molecule has 83 valence electrons. The number of hydrogen-bond acceptors (Lipinski definition) is 6. The highest BCUT2D eigenvalue weighted by molar-refractivity contribution is 5.55. The highest BCUT2D eigenvalue weighted by Crippen LogP contribution is 2.38. The van der Waals surface area contributed by atoms with E-state index in [1.54, 1.807) is 0 Å². The van der Waals surface area contributed by atoms with Gasteiger partial charge >= 0.3 is 6.47 Å². The normalized spacial score (nSPS) is 12.2. The quantitative estimate of drug-likeness (QED) is 0.557. The summed E-state index contributed by atoms with van der Waals surface area (Å²) < 4.78 is 14.4. The second-order valence-electron chi connectivity index (χ2n) is 2.96. The molecule has 0 aromatic heterocycles. The largest absolute Gasteiger partial charge is 0.454 e. The summed E-state index contributed by atoms with van der Waals surface area (Å²) >= 11 is 0. The lowest BCUT2D eigenvalue weighted by Gasteiger charge is -2.03. The van der Waals surface area contributed by atoms with Crippen LogP contribution in [-0.4, -0.2) is 18.2 Å². The molecule has 1 radical (unpaired) electrons. The molecule has 2 rings (SSSR count). The molecular formula is C9H6NO6. The van der Waals surface area contributed by atoms with E-state index in [0.29, 0.717) is 11.5 Å². The van der Waals surface area contributed by atoms with Crippen LogP contribution < -0.4 is 9.47 Å². The molecule has 0 N–H and O–H groups in total. The van der Waals surface area contributed by atoms with Crippen molar-refractivity contribution in [3.63, 3.8) is 0 Å². The van der Waals surface area contributed by atoms with Crippen molar-refractivity contribution in [2.75, 3.05) is 6.79 Å². The average Bonchev–Trinajstić information content (AvgIpc) is 2.71. The van der Waals surface area contributed by atoms with Crippen LogP contribution in [0, 0.1) is 10.1 Å². The number of rotatable bonds is 4. The maximum atomic E-state index is 10.7. The summed E-state index contributed by atoms with van der Waals surface area (Å²) in [5.74, 6) is 0.709. The zero-order valence-corrected chi connectivity index (χ0v) is 7.97. The molecule has 7 nitrogen and oxygen atoms in total. The van der Waals surface area contributed by atoms with E-state index in [1.807, 2.05) is 0 Å². The van der Waals surface area contributed by atoms with Crippen molar-refractivity contribution < 1.29 is 23.9 Å². The molecule has 16 heavy (non-hydrogen) atoms. The summed E-state index contributed by atoms with van der Waals surface area (Å²) in [7, 11) is 0. The number of hydrogen-bond donors (Lipinski definition) is 0. The molecule has 0 saturated heterocycles. The minimum atomic E-state index is -0.578. The molecular weight excluding hydrogens is 218 g/mol. The van der Waals surface area contributed by atoms with Gasteiger partial charge in [-0.25, -0.2) is 4.79 Å². The molecule has 1 aliphatic heterocycles. The second-order valence-corrected chi connectivity index (χ2v) is 2.96. The molecule has 0 atom stereocenters. The SMILES string of the molecule is O=[C]OCc1cc2c(cc1[N+](=O)[O-])OCO2. The van der Waals surface area contributed by atoms with Crippen LogP contribution in [0.25, 0.3) is 0 Å². The van der Waals surface area contributed by atoms with Gasteiger partial charge in [-0.05, 0) is 6.07 Å². The number of nitrogens with zero attached hydrogens (tertiary/aromatic N) is 1. The number of nitro groups is 1. The number of fused-ring (bicyclic) bond motifs is 1. The zero-order valence-electron chi connectivity index (χ0n) is 7.97. The predicted molar refractivity (Wildman–Crippen MR) is 49.7 cm³/mol. The summed E-state index contributed by atoms with van der Waals surface area (Å²) in [6.45, 7) is 1.00. The van der Waals surface area contributed by atoms with Crippen molar-refractivity contribution in [2.45, 2.75) is 6.61 Å². The van der Waals surface area contributed by atoms with Crippen LogP contribution in [0.1, 0.15) is 5.56 Å². The lowest BCUT2D eigenvalue weighted by atomic mass is 10.1. The summed E-state index contributed by atoms with van der Waals surface area (Å²) in [6, 6.07) is 2.66. The number of benzene rings is 1. The van der Waals surface area contributed by atoms with Gasteiger partial charge in [0.25, 0.3) is 5.69 Å². The topological polar surface area (TPSA) is 87.9 Å². The van der Waals surface area contributed by atoms with Crippen molar-refractivity contribution in [3.05, 3.63) is 27.8 Å². The Bertz CT molecular complexity index is 444. The van der Waals surface area contributed by atoms with Gasteiger partial charge in [0.2, 0.25) is 6.79 Å². The third-order valence-corrected chi connectivity index (χ3v) is 2.06. The first-order chi connectivity index (χ1) is 7.72. The fourth-order valence-corrected chi connectivity index (χ4v) is 1.37. The fraction of sp³-hybridized carbons (Fsp3) is 0.222.